The highest BCUT2D eigenvalue weighted by Gasteiger charge is 2.12. The largest absolute Gasteiger partial charge is 0.378 e. The summed E-state index contributed by atoms with van der Waals surface area (Å²) in [5.41, 5.74) is 5.97. The molecule has 0 saturated heterocycles. The van der Waals surface area contributed by atoms with Crippen molar-refractivity contribution in [2.24, 2.45) is 0 Å². The fourth-order valence-corrected chi connectivity index (χ4v) is 1.40. The van der Waals surface area contributed by atoms with Crippen LogP contribution in [0.15, 0.2) is 22.7 Å². The molecule has 0 radical (unpaired) electrons. The monoisotopic (exact) mass is 249 g/mol. The van der Waals surface area contributed by atoms with Gasteiger partial charge in [-0.3, -0.25) is 10.1 Å². The van der Waals surface area contributed by atoms with Gasteiger partial charge < -0.3 is 15.6 Å². The third-order valence-corrected chi connectivity index (χ3v) is 2.23. The Labute approximate surface area is 102 Å². The van der Waals surface area contributed by atoms with Crippen molar-refractivity contribution in [3.05, 3.63) is 39.8 Å². The Morgan fingerprint density at radius 1 is 1.56 bits per heavy atom. The third kappa shape index (κ3) is 2.54. The molecule has 2 heterocycles. The second-order valence-corrected chi connectivity index (χ2v) is 3.64. The van der Waals surface area contributed by atoms with Gasteiger partial charge in [-0.15, -0.1) is 0 Å². The summed E-state index contributed by atoms with van der Waals surface area (Å²) in [5.74, 6) is 1.03. The Hall–Kier alpha value is -2.64. The van der Waals surface area contributed by atoms with E-state index >= 15 is 0 Å². The molecule has 0 saturated carbocycles. The summed E-state index contributed by atoms with van der Waals surface area (Å²) >= 11 is 0. The van der Waals surface area contributed by atoms with Crippen LogP contribution in [0.5, 0.6) is 0 Å². The average Bonchev–Trinajstić information content (AvgIpc) is 2.72. The first-order valence-electron chi connectivity index (χ1n) is 5.13. The number of rotatable bonds is 4. The minimum atomic E-state index is -0.576. The van der Waals surface area contributed by atoms with Crippen molar-refractivity contribution in [2.75, 3.05) is 11.1 Å². The van der Waals surface area contributed by atoms with Crippen molar-refractivity contribution >= 4 is 17.3 Å². The Morgan fingerprint density at radius 2 is 2.33 bits per heavy atom. The Morgan fingerprint density at radius 3 is 2.89 bits per heavy atom. The van der Waals surface area contributed by atoms with Crippen LogP contribution in [0.1, 0.15) is 11.5 Å². The van der Waals surface area contributed by atoms with Crippen LogP contribution < -0.4 is 11.1 Å². The molecule has 0 aromatic carbocycles. The SMILES string of the molecule is Cc1cc(CNc2ccc([N+](=O)[O-])c(N)n2)no1. The Balaban J connectivity index is 2.06. The number of nitrogens with one attached hydrogen (secondary N) is 1. The van der Waals surface area contributed by atoms with Gasteiger partial charge in [0.2, 0.25) is 5.82 Å². The molecule has 8 heteroatoms. The molecule has 0 atom stereocenters. The van der Waals surface area contributed by atoms with Gasteiger partial charge in [0.1, 0.15) is 17.3 Å². The van der Waals surface area contributed by atoms with Gasteiger partial charge in [0.25, 0.3) is 0 Å². The smallest absolute Gasteiger partial charge is 0.311 e. The van der Waals surface area contributed by atoms with E-state index in [-0.39, 0.29) is 11.5 Å². The lowest BCUT2D eigenvalue weighted by atomic mass is 10.3. The number of nitrogen functional groups attached to an aromatic ring is 1. The van der Waals surface area contributed by atoms with Crippen molar-refractivity contribution in [1.29, 1.82) is 0 Å². The zero-order chi connectivity index (χ0) is 13.1. The van der Waals surface area contributed by atoms with E-state index in [1.807, 2.05) is 0 Å². The van der Waals surface area contributed by atoms with E-state index < -0.39 is 4.92 Å². The standard InChI is InChI=1S/C10H11N5O3/c1-6-4-7(14-18-6)5-12-9-3-2-8(15(16)17)10(11)13-9/h2-4H,5H2,1H3,(H3,11,12,13). The molecule has 0 fully saturated rings. The number of nitro groups is 1. The highest BCUT2D eigenvalue weighted by molar-refractivity contribution is 5.57. The van der Waals surface area contributed by atoms with Gasteiger partial charge in [0, 0.05) is 12.1 Å². The molecule has 2 aromatic rings. The lowest BCUT2D eigenvalue weighted by molar-refractivity contribution is -0.384. The lowest BCUT2D eigenvalue weighted by Crippen LogP contribution is -2.05. The molecule has 0 aliphatic carbocycles. The van der Waals surface area contributed by atoms with Gasteiger partial charge in [0.15, 0.2) is 0 Å². The molecular weight excluding hydrogens is 238 g/mol. The Kier molecular flexibility index (Phi) is 3.09. The number of pyridine rings is 1. The van der Waals surface area contributed by atoms with Crippen LogP contribution in [0.2, 0.25) is 0 Å². The minimum Gasteiger partial charge on any atom is -0.378 e. The van der Waals surface area contributed by atoms with Crippen LogP contribution in [0.25, 0.3) is 0 Å². The topological polar surface area (TPSA) is 120 Å². The first-order valence-corrected chi connectivity index (χ1v) is 5.13. The van der Waals surface area contributed by atoms with Gasteiger partial charge >= 0.3 is 5.69 Å². The van der Waals surface area contributed by atoms with Crippen LogP contribution in [-0.4, -0.2) is 15.1 Å². The Bertz CT molecular complexity index is 581. The van der Waals surface area contributed by atoms with E-state index in [2.05, 4.69) is 15.5 Å². The number of nitrogens with zero attached hydrogens (tertiary/aromatic N) is 3. The van der Waals surface area contributed by atoms with E-state index in [0.717, 1.165) is 0 Å². The molecule has 3 N–H and O–H groups in total. The first-order chi connectivity index (χ1) is 8.56. The number of hydrogen-bond acceptors (Lipinski definition) is 7. The summed E-state index contributed by atoms with van der Waals surface area (Å²) in [7, 11) is 0. The first kappa shape index (κ1) is 11.8. The van der Waals surface area contributed by atoms with Gasteiger partial charge in [-0.05, 0) is 13.0 Å². The molecule has 0 amide bonds. The predicted octanol–water partition coefficient (Wildman–Crippen LogP) is 1.48. The lowest BCUT2D eigenvalue weighted by Gasteiger charge is -2.03. The van der Waals surface area contributed by atoms with Crippen molar-refractivity contribution < 1.29 is 9.45 Å². The second kappa shape index (κ2) is 4.70. The molecule has 0 spiro atoms. The van der Waals surface area contributed by atoms with Crippen LogP contribution >= 0.6 is 0 Å². The van der Waals surface area contributed by atoms with Crippen molar-refractivity contribution in [1.82, 2.24) is 10.1 Å². The maximum Gasteiger partial charge on any atom is 0.311 e. The van der Waals surface area contributed by atoms with Crippen LogP contribution in [0, 0.1) is 17.0 Å². The van der Waals surface area contributed by atoms with Crippen LogP contribution in [0.4, 0.5) is 17.3 Å². The van der Waals surface area contributed by atoms with Gasteiger partial charge in [-0.25, -0.2) is 4.98 Å². The predicted molar refractivity (Wildman–Crippen MR) is 63.9 cm³/mol. The third-order valence-electron chi connectivity index (χ3n) is 2.23. The summed E-state index contributed by atoms with van der Waals surface area (Å²) < 4.78 is 4.90. The molecule has 0 aliphatic rings. The van der Waals surface area contributed by atoms with Crippen molar-refractivity contribution in [3.63, 3.8) is 0 Å². The number of hydrogen-bond donors (Lipinski definition) is 2. The second-order valence-electron chi connectivity index (χ2n) is 3.64. The zero-order valence-corrected chi connectivity index (χ0v) is 9.58. The minimum absolute atomic E-state index is 0.124. The van der Waals surface area contributed by atoms with Gasteiger partial charge in [-0.1, -0.05) is 5.16 Å². The molecule has 18 heavy (non-hydrogen) atoms. The quantitative estimate of drug-likeness (QED) is 0.621. The number of nitrogens with two attached hydrogens (primary N) is 1. The van der Waals surface area contributed by atoms with E-state index in [0.29, 0.717) is 23.8 Å². The maximum atomic E-state index is 10.6. The molecule has 2 rings (SSSR count). The van der Waals surface area contributed by atoms with Crippen LogP contribution in [0.3, 0.4) is 0 Å². The van der Waals surface area contributed by atoms with Crippen LogP contribution in [-0.2, 0) is 6.54 Å². The fourth-order valence-electron chi connectivity index (χ4n) is 1.40. The van der Waals surface area contributed by atoms with E-state index in [4.69, 9.17) is 10.3 Å². The van der Waals surface area contributed by atoms with E-state index in [1.54, 1.807) is 13.0 Å². The molecule has 0 aliphatic heterocycles. The summed E-state index contributed by atoms with van der Waals surface area (Å²) in [6, 6.07) is 4.57. The highest BCUT2D eigenvalue weighted by atomic mass is 16.6. The normalized spacial score (nSPS) is 10.3. The summed E-state index contributed by atoms with van der Waals surface area (Å²) in [5, 5.41) is 17.3. The summed E-state index contributed by atoms with van der Waals surface area (Å²) in [6.45, 7) is 2.19. The van der Waals surface area contributed by atoms with Crippen molar-refractivity contribution in [2.45, 2.75) is 13.5 Å². The molecule has 8 nitrogen and oxygen atoms in total. The zero-order valence-electron chi connectivity index (χ0n) is 9.58. The van der Waals surface area contributed by atoms with Crippen molar-refractivity contribution in [3.8, 4) is 0 Å². The summed E-state index contributed by atoms with van der Waals surface area (Å²) in [4.78, 5) is 13.9. The fraction of sp³-hybridized carbons (Fsp3) is 0.200. The summed E-state index contributed by atoms with van der Waals surface area (Å²) in [6.07, 6.45) is 0. The molecule has 0 unspecified atom stereocenters. The molecule has 94 valence electrons. The number of aryl methyl sites for hydroxylation is 1. The van der Waals surface area contributed by atoms with Gasteiger partial charge in [-0.2, -0.15) is 0 Å². The van der Waals surface area contributed by atoms with Gasteiger partial charge in [0.05, 0.1) is 11.5 Å². The number of anilines is 2. The number of aromatic nitrogens is 2. The maximum absolute atomic E-state index is 10.6. The molecule has 0 bridgehead atoms. The molecular formula is C10H11N5O3. The highest BCUT2D eigenvalue weighted by Crippen LogP contribution is 2.20. The average molecular weight is 249 g/mol. The molecule has 2 aromatic heterocycles. The van der Waals surface area contributed by atoms with E-state index in [9.17, 15) is 10.1 Å². The van der Waals surface area contributed by atoms with E-state index in [1.165, 1.54) is 12.1 Å².